The van der Waals surface area contributed by atoms with Crippen LogP contribution in [-0.2, 0) is 13.5 Å². The van der Waals surface area contributed by atoms with Gasteiger partial charge in [-0.05, 0) is 38.0 Å². The highest BCUT2D eigenvalue weighted by atomic mass is 16.2. The molecule has 0 N–H and O–H groups in total. The van der Waals surface area contributed by atoms with Gasteiger partial charge in [0.1, 0.15) is 0 Å². The molecule has 2 heterocycles. The Balaban J connectivity index is 2.05. The summed E-state index contributed by atoms with van der Waals surface area (Å²) in [6.07, 6.45) is 6.17. The zero-order valence-corrected chi connectivity index (χ0v) is 12.2. The van der Waals surface area contributed by atoms with E-state index in [0.717, 1.165) is 12.1 Å². The van der Waals surface area contributed by atoms with Gasteiger partial charge in [0.15, 0.2) is 0 Å². The Bertz CT molecular complexity index is 577. The number of hydrogen-bond acceptors (Lipinski definition) is 3. The van der Waals surface area contributed by atoms with Crippen LogP contribution in [0.25, 0.3) is 0 Å². The molecule has 5 heteroatoms. The number of carbonyl (C=O) groups excluding carboxylic acids is 1. The smallest absolute Gasteiger partial charge is 0.257 e. The highest BCUT2D eigenvalue weighted by Crippen LogP contribution is 2.10. The van der Waals surface area contributed by atoms with Gasteiger partial charge in [-0.1, -0.05) is 0 Å². The third-order valence-electron chi connectivity index (χ3n) is 3.33. The molecular weight excluding hydrogens is 252 g/mol. The van der Waals surface area contributed by atoms with Crippen molar-refractivity contribution in [1.82, 2.24) is 19.7 Å². The number of rotatable bonds is 5. The van der Waals surface area contributed by atoms with Gasteiger partial charge in [0, 0.05) is 38.7 Å². The van der Waals surface area contributed by atoms with E-state index in [1.165, 1.54) is 5.56 Å². The molecule has 0 aromatic carbocycles. The van der Waals surface area contributed by atoms with Gasteiger partial charge in [-0.25, -0.2) is 0 Å². The van der Waals surface area contributed by atoms with Crippen molar-refractivity contribution >= 4 is 5.91 Å². The third-order valence-corrected chi connectivity index (χ3v) is 3.33. The van der Waals surface area contributed by atoms with Crippen molar-refractivity contribution in [3.05, 3.63) is 47.5 Å². The van der Waals surface area contributed by atoms with E-state index in [1.807, 2.05) is 37.9 Å². The maximum absolute atomic E-state index is 12.5. The number of aryl methyl sites for hydroxylation is 2. The Morgan fingerprint density at radius 2 is 2.05 bits per heavy atom. The second-order valence-electron chi connectivity index (χ2n) is 4.79. The SMILES string of the molecule is CCN(CCc1ccncc1)C(=O)c1cn(C)nc1C. The number of aromatic nitrogens is 3. The first kappa shape index (κ1) is 14.2. The number of amides is 1. The molecule has 5 nitrogen and oxygen atoms in total. The highest BCUT2D eigenvalue weighted by Gasteiger charge is 2.18. The molecule has 0 unspecified atom stereocenters. The maximum atomic E-state index is 12.5. The molecule has 106 valence electrons. The van der Waals surface area contributed by atoms with Crippen molar-refractivity contribution < 1.29 is 4.79 Å². The lowest BCUT2D eigenvalue weighted by molar-refractivity contribution is 0.0765. The Labute approximate surface area is 119 Å². The first-order valence-electron chi connectivity index (χ1n) is 6.80. The van der Waals surface area contributed by atoms with Gasteiger partial charge >= 0.3 is 0 Å². The standard InChI is InChI=1S/C15H20N4O/c1-4-19(10-7-13-5-8-16-9-6-13)15(20)14-11-18(3)17-12(14)2/h5-6,8-9,11H,4,7,10H2,1-3H3. The minimum Gasteiger partial charge on any atom is -0.338 e. The summed E-state index contributed by atoms with van der Waals surface area (Å²) in [6, 6.07) is 3.96. The average Bonchev–Trinajstić information content (AvgIpc) is 2.79. The summed E-state index contributed by atoms with van der Waals surface area (Å²) in [4.78, 5) is 18.3. The second-order valence-corrected chi connectivity index (χ2v) is 4.79. The number of pyridine rings is 1. The molecule has 2 rings (SSSR count). The molecule has 2 aromatic heterocycles. The summed E-state index contributed by atoms with van der Waals surface area (Å²) in [6.45, 7) is 5.26. The monoisotopic (exact) mass is 272 g/mol. The van der Waals surface area contributed by atoms with E-state index in [9.17, 15) is 4.79 Å². The van der Waals surface area contributed by atoms with Crippen LogP contribution in [-0.4, -0.2) is 38.7 Å². The van der Waals surface area contributed by atoms with Crippen LogP contribution in [0.2, 0.25) is 0 Å². The molecular formula is C15H20N4O. The largest absolute Gasteiger partial charge is 0.338 e. The highest BCUT2D eigenvalue weighted by molar-refractivity contribution is 5.95. The number of hydrogen-bond donors (Lipinski definition) is 0. The van der Waals surface area contributed by atoms with Crippen molar-refractivity contribution in [3.8, 4) is 0 Å². The minimum absolute atomic E-state index is 0.0483. The summed E-state index contributed by atoms with van der Waals surface area (Å²) in [5.74, 6) is 0.0483. The van der Waals surface area contributed by atoms with Crippen molar-refractivity contribution in [2.75, 3.05) is 13.1 Å². The van der Waals surface area contributed by atoms with Crippen LogP contribution in [0.4, 0.5) is 0 Å². The molecule has 20 heavy (non-hydrogen) atoms. The van der Waals surface area contributed by atoms with Gasteiger partial charge in [0.25, 0.3) is 5.91 Å². The molecule has 0 saturated carbocycles. The van der Waals surface area contributed by atoms with Gasteiger partial charge in [-0.15, -0.1) is 0 Å². The molecule has 0 radical (unpaired) electrons. The van der Waals surface area contributed by atoms with Gasteiger partial charge in [0.05, 0.1) is 11.3 Å². The summed E-state index contributed by atoms with van der Waals surface area (Å²) >= 11 is 0. The molecule has 0 aliphatic rings. The second kappa shape index (κ2) is 6.32. The molecule has 0 saturated heterocycles. The minimum atomic E-state index is 0.0483. The van der Waals surface area contributed by atoms with Gasteiger partial charge in [-0.3, -0.25) is 14.5 Å². The van der Waals surface area contributed by atoms with Crippen LogP contribution in [0, 0.1) is 6.92 Å². The van der Waals surface area contributed by atoms with E-state index in [4.69, 9.17) is 0 Å². The van der Waals surface area contributed by atoms with E-state index in [-0.39, 0.29) is 5.91 Å². The van der Waals surface area contributed by atoms with E-state index in [0.29, 0.717) is 18.7 Å². The molecule has 0 aliphatic carbocycles. The zero-order chi connectivity index (χ0) is 14.5. The fourth-order valence-electron chi connectivity index (χ4n) is 2.20. The van der Waals surface area contributed by atoms with Crippen molar-refractivity contribution in [2.24, 2.45) is 7.05 Å². The average molecular weight is 272 g/mol. The Kier molecular flexibility index (Phi) is 4.50. The van der Waals surface area contributed by atoms with Crippen LogP contribution in [0.15, 0.2) is 30.7 Å². The predicted molar refractivity (Wildman–Crippen MR) is 77.5 cm³/mol. The van der Waals surface area contributed by atoms with E-state index in [2.05, 4.69) is 10.1 Å². The fourth-order valence-corrected chi connectivity index (χ4v) is 2.20. The van der Waals surface area contributed by atoms with Crippen LogP contribution in [0.5, 0.6) is 0 Å². The lowest BCUT2D eigenvalue weighted by Gasteiger charge is -2.20. The van der Waals surface area contributed by atoms with Crippen LogP contribution < -0.4 is 0 Å². The fraction of sp³-hybridized carbons (Fsp3) is 0.400. The Morgan fingerprint density at radius 3 is 2.60 bits per heavy atom. The first-order valence-corrected chi connectivity index (χ1v) is 6.80. The van der Waals surface area contributed by atoms with E-state index in [1.54, 1.807) is 23.3 Å². The number of likely N-dealkylation sites (N-methyl/N-ethyl adjacent to an activating group) is 1. The predicted octanol–water partition coefficient (Wildman–Crippen LogP) is 1.83. The summed E-state index contributed by atoms with van der Waals surface area (Å²) in [7, 11) is 1.83. The maximum Gasteiger partial charge on any atom is 0.257 e. The number of carbonyl (C=O) groups is 1. The third kappa shape index (κ3) is 3.23. The summed E-state index contributed by atoms with van der Waals surface area (Å²) in [5, 5.41) is 4.23. The lowest BCUT2D eigenvalue weighted by atomic mass is 10.1. The van der Waals surface area contributed by atoms with Crippen molar-refractivity contribution in [3.63, 3.8) is 0 Å². The zero-order valence-electron chi connectivity index (χ0n) is 12.2. The Morgan fingerprint density at radius 1 is 1.35 bits per heavy atom. The summed E-state index contributed by atoms with van der Waals surface area (Å²) < 4.78 is 1.68. The first-order chi connectivity index (χ1) is 9.61. The van der Waals surface area contributed by atoms with Gasteiger partial charge in [0.2, 0.25) is 0 Å². The topological polar surface area (TPSA) is 51.0 Å². The van der Waals surface area contributed by atoms with Crippen LogP contribution in [0.1, 0.15) is 28.5 Å². The normalized spacial score (nSPS) is 10.6. The lowest BCUT2D eigenvalue weighted by Crippen LogP contribution is -2.33. The molecule has 1 amide bonds. The van der Waals surface area contributed by atoms with Crippen LogP contribution >= 0.6 is 0 Å². The van der Waals surface area contributed by atoms with Crippen LogP contribution in [0.3, 0.4) is 0 Å². The molecule has 2 aromatic rings. The quantitative estimate of drug-likeness (QED) is 0.834. The summed E-state index contributed by atoms with van der Waals surface area (Å²) in [5.41, 5.74) is 2.65. The van der Waals surface area contributed by atoms with E-state index >= 15 is 0 Å². The molecule has 0 atom stereocenters. The van der Waals surface area contributed by atoms with Gasteiger partial charge in [-0.2, -0.15) is 5.10 Å². The van der Waals surface area contributed by atoms with Crippen molar-refractivity contribution in [2.45, 2.75) is 20.3 Å². The van der Waals surface area contributed by atoms with E-state index < -0.39 is 0 Å². The molecule has 0 spiro atoms. The molecule has 0 aliphatic heterocycles. The van der Waals surface area contributed by atoms with Gasteiger partial charge < -0.3 is 4.90 Å². The Hall–Kier alpha value is -2.17. The van der Waals surface area contributed by atoms with Crippen molar-refractivity contribution in [1.29, 1.82) is 0 Å². The molecule has 0 fully saturated rings. The number of nitrogens with zero attached hydrogens (tertiary/aromatic N) is 4. The molecule has 0 bridgehead atoms.